The van der Waals surface area contributed by atoms with Gasteiger partial charge in [-0.1, -0.05) is 29.3 Å². The van der Waals surface area contributed by atoms with Gasteiger partial charge in [0, 0.05) is 28.7 Å². The first-order chi connectivity index (χ1) is 14.4. The maximum Gasteiger partial charge on any atom is 0.333 e. The molecule has 0 aliphatic carbocycles. The van der Waals surface area contributed by atoms with Crippen LogP contribution >= 0.6 is 34.5 Å². The molecule has 0 unspecified atom stereocenters. The molecule has 1 aromatic heterocycles. The number of aromatic nitrogens is 1. The second kappa shape index (κ2) is 10.3. The molecule has 1 aromatic carbocycles. The van der Waals surface area contributed by atoms with Gasteiger partial charge in [-0.25, -0.2) is 4.79 Å². The quantitative estimate of drug-likeness (QED) is 0.614. The fourth-order valence-corrected chi connectivity index (χ4v) is 4.42. The molecule has 1 aliphatic rings. The Morgan fingerprint density at radius 2 is 1.90 bits per heavy atom. The minimum atomic E-state index is -0.589. The molecule has 0 atom stereocenters. The van der Waals surface area contributed by atoms with Gasteiger partial charge in [-0.05, 0) is 25.1 Å². The number of morpholine rings is 1. The van der Waals surface area contributed by atoms with Gasteiger partial charge >= 0.3 is 5.97 Å². The van der Waals surface area contributed by atoms with E-state index in [1.165, 1.54) is 10.6 Å². The van der Waals surface area contributed by atoms with E-state index in [1.807, 2.05) is 0 Å². The van der Waals surface area contributed by atoms with Gasteiger partial charge < -0.3 is 14.4 Å². The molecule has 0 radical (unpaired) electrons. The molecule has 1 amide bonds. The number of esters is 1. The first-order valence-corrected chi connectivity index (χ1v) is 10.9. The van der Waals surface area contributed by atoms with Gasteiger partial charge in [-0.15, -0.1) is 11.3 Å². The molecule has 1 saturated heterocycles. The molecule has 3 rings (SSSR count). The molecular formula is C20H20Cl2N2O5S. The number of carbonyl (C=O) groups is 2. The molecule has 1 aliphatic heterocycles. The Morgan fingerprint density at radius 1 is 1.23 bits per heavy atom. The van der Waals surface area contributed by atoms with Crippen molar-refractivity contribution in [3.63, 3.8) is 0 Å². The molecular weight excluding hydrogens is 451 g/mol. The van der Waals surface area contributed by atoms with Gasteiger partial charge in [-0.3, -0.25) is 14.2 Å². The van der Waals surface area contributed by atoms with Crippen molar-refractivity contribution >= 4 is 58.6 Å². The zero-order chi connectivity index (χ0) is 21.7. The Balaban J connectivity index is 2.08. The van der Waals surface area contributed by atoms with Gasteiger partial charge in [0.15, 0.2) is 0 Å². The lowest BCUT2D eigenvalue weighted by Crippen LogP contribution is -2.45. The van der Waals surface area contributed by atoms with Crippen LogP contribution < -0.4 is 14.8 Å². The Hall–Kier alpha value is -2.13. The third-order valence-corrected chi connectivity index (χ3v) is 6.12. The van der Waals surface area contributed by atoms with E-state index in [9.17, 15) is 14.4 Å². The zero-order valence-electron chi connectivity index (χ0n) is 16.2. The predicted octanol–water partition coefficient (Wildman–Crippen LogP) is 1.25. The normalized spacial score (nSPS) is 15.5. The van der Waals surface area contributed by atoms with Crippen LogP contribution in [0.2, 0.25) is 10.0 Å². The van der Waals surface area contributed by atoms with Crippen molar-refractivity contribution in [1.29, 1.82) is 0 Å². The topological polar surface area (TPSA) is 77.8 Å². The van der Waals surface area contributed by atoms with Crippen molar-refractivity contribution in [3.8, 4) is 0 Å². The highest BCUT2D eigenvalue weighted by atomic mass is 35.5. The van der Waals surface area contributed by atoms with Gasteiger partial charge in [0.25, 0.3) is 5.56 Å². The average molecular weight is 471 g/mol. The van der Waals surface area contributed by atoms with Crippen LogP contribution in [-0.4, -0.2) is 54.3 Å². The molecule has 0 bridgehead atoms. The minimum Gasteiger partial charge on any atom is -0.463 e. The Kier molecular flexibility index (Phi) is 7.71. The Morgan fingerprint density at radius 3 is 2.53 bits per heavy atom. The van der Waals surface area contributed by atoms with E-state index in [-0.39, 0.29) is 19.1 Å². The monoisotopic (exact) mass is 470 g/mol. The van der Waals surface area contributed by atoms with Gasteiger partial charge in [-0.2, -0.15) is 0 Å². The fourth-order valence-electron chi connectivity index (χ4n) is 2.91. The van der Waals surface area contributed by atoms with Crippen LogP contribution in [0.1, 0.15) is 12.5 Å². The van der Waals surface area contributed by atoms with Crippen LogP contribution in [0, 0.1) is 0 Å². The summed E-state index contributed by atoms with van der Waals surface area (Å²) in [6.45, 7) is 3.53. The summed E-state index contributed by atoms with van der Waals surface area (Å²) < 4.78 is 12.1. The molecule has 160 valence electrons. The summed E-state index contributed by atoms with van der Waals surface area (Å²) in [5.41, 5.74) is 0.0849. The summed E-state index contributed by atoms with van der Waals surface area (Å²) in [5.74, 6) is -0.812. The summed E-state index contributed by atoms with van der Waals surface area (Å²) in [6.07, 6.45) is 2.78. The molecule has 30 heavy (non-hydrogen) atoms. The van der Waals surface area contributed by atoms with Crippen molar-refractivity contribution in [2.75, 3.05) is 32.9 Å². The van der Waals surface area contributed by atoms with Crippen LogP contribution in [0.3, 0.4) is 0 Å². The maximum absolute atomic E-state index is 13.1. The molecule has 1 fully saturated rings. The Bertz CT molecular complexity index is 1100. The first-order valence-electron chi connectivity index (χ1n) is 9.30. The number of rotatable bonds is 5. The lowest BCUT2D eigenvalue weighted by atomic mass is 10.2. The second-order valence-corrected chi connectivity index (χ2v) is 8.24. The van der Waals surface area contributed by atoms with Crippen molar-refractivity contribution in [2.45, 2.75) is 13.5 Å². The van der Waals surface area contributed by atoms with Crippen LogP contribution in [0.15, 0.2) is 23.0 Å². The van der Waals surface area contributed by atoms with Gasteiger partial charge in [0.05, 0.1) is 30.4 Å². The predicted molar refractivity (Wildman–Crippen MR) is 116 cm³/mol. The summed E-state index contributed by atoms with van der Waals surface area (Å²) in [4.78, 5) is 39.4. The van der Waals surface area contributed by atoms with Crippen LogP contribution in [0.5, 0.6) is 0 Å². The summed E-state index contributed by atoms with van der Waals surface area (Å²) >= 11 is 13.5. The highest BCUT2D eigenvalue weighted by Crippen LogP contribution is 2.24. The number of thiazole rings is 1. The second-order valence-electron chi connectivity index (χ2n) is 6.37. The lowest BCUT2D eigenvalue weighted by molar-refractivity contribution is -0.136. The number of nitrogens with zero attached hydrogens (tertiary/aromatic N) is 2. The number of ether oxygens (including phenoxy) is 2. The SMILES string of the molecule is CCOC(=O)/C=c1\s/c(=C\c2c(Cl)cccc2Cl)c(=O)n1CC(=O)N1CCOCC1. The van der Waals surface area contributed by atoms with E-state index in [1.54, 1.807) is 36.1 Å². The smallest absolute Gasteiger partial charge is 0.333 e. The summed E-state index contributed by atoms with van der Waals surface area (Å²) in [5, 5.41) is 0.782. The first kappa shape index (κ1) is 22.6. The zero-order valence-corrected chi connectivity index (χ0v) is 18.6. The van der Waals surface area contributed by atoms with E-state index in [0.29, 0.717) is 51.1 Å². The highest BCUT2D eigenvalue weighted by Gasteiger charge is 2.19. The van der Waals surface area contributed by atoms with Gasteiger partial charge in [0.1, 0.15) is 11.2 Å². The summed E-state index contributed by atoms with van der Waals surface area (Å²) in [7, 11) is 0. The number of benzene rings is 1. The summed E-state index contributed by atoms with van der Waals surface area (Å²) in [6, 6.07) is 5.04. The van der Waals surface area contributed by atoms with Crippen molar-refractivity contribution in [1.82, 2.24) is 9.47 Å². The minimum absolute atomic E-state index is 0.190. The van der Waals surface area contributed by atoms with E-state index < -0.39 is 11.5 Å². The molecule has 2 aromatic rings. The van der Waals surface area contributed by atoms with Crippen molar-refractivity contribution in [3.05, 3.63) is 53.4 Å². The van der Waals surface area contributed by atoms with Crippen LogP contribution in [0.25, 0.3) is 12.2 Å². The van der Waals surface area contributed by atoms with Crippen molar-refractivity contribution in [2.24, 2.45) is 0 Å². The molecule has 0 saturated carbocycles. The molecule has 0 N–H and O–H groups in total. The standard InChI is InChI=1S/C20H20Cl2N2O5S/c1-2-29-19(26)11-18-24(12-17(25)23-6-8-28-9-7-23)20(27)16(30-18)10-13-14(21)4-3-5-15(13)22/h3-5,10-11H,2,6-9,12H2,1H3/b16-10-,18-11-. The van der Waals surface area contributed by atoms with Crippen LogP contribution in [-0.2, 0) is 25.6 Å². The van der Waals surface area contributed by atoms with E-state index in [4.69, 9.17) is 32.7 Å². The van der Waals surface area contributed by atoms with Crippen molar-refractivity contribution < 1.29 is 19.1 Å². The van der Waals surface area contributed by atoms with E-state index in [2.05, 4.69) is 0 Å². The number of carbonyl (C=O) groups excluding carboxylic acids is 2. The maximum atomic E-state index is 13.1. The number of hydrogen-bond acceptors (Lipinski definition) is 6. The van der Waals surface area contributed by atoms with Gasteiger partial charge in [0.2, 0.25) is 5.91 Å². The molecule has 0 spiro atoms. The molecule has 10 heteroatoms. The highest BCUT2D eigenvalue weighted by molar-refractivity contribution is 7.07. The van der Waals surface area contributed by atoms with E-state index >= 15 is 0 Å². The average Bonchev–Trinajstić information content (AvgIpc) is 3.00. The number of halogens is 2. The lowest BCUT2D eigenvalue weighted by Gasteiger charge is -2.26. The molecule has 2 heterocycles. The Labute approximate surface area is 186 Å². The molecule has 7 nitrogen and oxygen atoms in total. The largest absolute Gasteiger partial charge is 0.463 e. The third-order valence-electron chi connectivity index (χ3n) is 4.40. The van der Waals surface area contributed by atoms with E-state index in [0.717, 1.165) is 11.3 Å². The fraction of sp³-hybridized carbons (Fsp3) is 0.350. The van der Waals surface area contributed by atoms with Crippen LogP contribution in [0.4, 0.5) is 0 Å². The number of hydrogen-bond donors (Lipinski definition) is 0. The third kappa shape index (κ3) is 5.31. The number of amides is 1.